The van der Waals surface area contributed by atoms with E-state index in [0.29, 0.717) is 36.7 Å². The highest BCUT2D eigenvalue weighted by Crippen LogP contribution is 2.36. The van der Waals surface area contributed by atoms with Gasteiger partial charge in [0.1, 0.15) is 12.1 Å². The van der Waals surface area contributed by atoms with Crippen molar-refractivity contribution >= 4 is 16.2 Å². The molecular formula is C23H31F6N7O4S. The van der Waals surface area contributed by atoms with Crippen LogP contribution in [0.1, 0.15) is 31.2 Å². The predicted octanol–water partition coefficient (Wildman–Crippen LogP) is 3.37. The van der Waals surface area contributed by atoms with Crippen LogP contribution in [0.15, 0.2) is 18.6 Å². The quantitative estimate of drug-likeness (QED) is 0.338. The average Bonchev–Trinajstić information content (AvgIpc) is 3.36. The van der Waals surface area contributed by atoms with Crippen LogP contribution in [0.25, 0.3) is 11.3 Å². The molecule has 41 heavy (non-hydrogen) atoms. The second kappa shape index (κ2) is 12.4. The smallest absolute Gasteiger partial charge is 0.356 e. The summed E-state index contributed by atoms with van der Waals surface area (Å²) >= 11 is 0. The van der Waals surface area contributed by atoms with E-state index in [1.807, 2.05) is 0 Å². The van der Waals surface area contributed by atoms with Gasteiger partial charge in [-0.2, -0.15) is 48.5 Å². The molecule has 230 valence electrons. The molecule has 0 bridgehead atoms. The summed E-state index contributed by atoms with van der Waals surface area (Å²) in [6.45, 7) is -0.509. The monoisotopic (exact) mass is 615 g/mol. The fourth-order valence-corrected chi connectivity index (χ4v) is 6.84. The molecule has 0 radical (unpaired) electrons. The number of hydrogen-bond donors (Lipinski definition) is 1. The molecule has 0 aliphatic carbocycles. The fourth-order valence-electron chi connectivity index (χ4n) is 5.10. The first-order chi connectivity index (χ1) is 19.2. The largest absolute Gasteiger partial charge is 0.419 e. The van der Waals surface area contributed by atoms with Crippen LogP contribution in [0.3, 0.4) is 0 Å². The molecular weight excluding hydrogens is 584 g/mol. The Morgan fingerprint density at radius 1 is 1.02 bits per heavy atom. The van der Waals surface area contributed by atoms with E-state index in [1.165, 1.54) is 22.8 Å². The molecule has 4 heterocycles. The van der Waals surface area contributed by atoms with Gasteiger partial charge in [0.25, 0.3) is 10.2 Å². The number of rotatable bonds is 9. The Bertz CT molecular complexity index is 1280. The minimum Gasteiger partial charge on any atom is -0.356 e. The van der Waals surface area contributed by atoms with Crippen molar-refractivity contribution in [1.82, 2.24) is 28.4 Å². The number of nitrogens with zero attached hydrogens (tertiary/aromatic N) is 6. The molecule has 1 N–H and O–H groups in total. The van der Waals surface area contributed by atoms with Crippen LogP contribution in [0.2, 0.25) is 0 Å². The van der Waals surface area contributed by atoms with Gasteiger partial charge in [-0.1, -0.05) is 0 Å². The summed E-state index contributed by atoms with van der Waals surface area (Å²) in [6, 6.07) is -0.348. The lowest BCUT2D eigenvalue weighted by molar-refractivity contribution is -0.144. The molecule has 2 aliphatic heterocycles. The molecule has 0 amide bonds. The highest BCUT2D eigenvalue weighted by Gasteiger charge is 2.39. The van der Waals surface area contributed by atoms with Gasteiger partial charge >= 0.3 is 12.4 Å². The third kappa shape index (κ3) is 7.65. The van der Waals surface area contributed by atoms with E-state index in [2.05, 4.69) is 20.4 Å². The summed E-state index contributed by atoms with van der Waals surface area (Å²) in [5, 5.41) is 6.45. The lowest BCUT2D eigenvalue weighted by Crippen LogP contribution is -2.52. The topological polar surface area (TPSA) is 115 Å². The highest BCUT2D eigenvalue weighted by molar-refractivity contribution is 7.86. The molecule has 2 aromatic rings. The normalized spacial score (nSPS) is 20.6. The average molecular weight is 616 g/mol. The van der Waals surface area contributed by atoms with E-state index in [9.17, 15) is 34.8 Å². The number of alkyl halides is 6. The van der Waals surface area contributed by atoms with Crippen molar-refractivity contribution in [2.75, 3.05) is 45.7 Å². The molecule has 2 fully saturated rings. The summed E-state index contributed by atoms with van der Waals surface area (Å²) in [4.78, 5) is 7.72. The molecule has 1 unspecified atom stereocenters. The van der Waals surface area contributed by atoms with Gasteiger partial charge in [-0.15, -0.1) is 0 Å². The van der Waals surface area contributed by atoms with Gasteiger partial charge in [0.05, 0.1) is 11.9 Å². The van der Waals surface area contributed by atoms with Crippen molar-refractivity contribution in [1.29, 1.82) is 0 Å². The number of anilines is 1. The molecule has 0 aromatic carbocycles. The Morgan fingerprint density at radius 3 is 2.32 bits per heavy atom. The van der Waals surface area contributed by atoms with Crippen LogP contribution in [-0.2, 0) is 32.4 Å². The minimum absolute atomic E-state index is 0.112. The zero-order valence-electron chi connectivity index (χ0n) is 22.3. The third-order valence-electron chi connectivity index (χ3n) is 7.05. The minimum atomic E-state index is -4.86. The lowest BCUT2D eigenvalue weighted by atomic mass is 9.99. The summed E-state index contributed by atoms with van der Waals surface area (Å²) in [7, 11) is -0.750. The Kier molecular flexibility index (Phi) is 9.47. The van der Waals surface area contributed by atoms with Crippen molar-refractivity contribution < 1.29 is 44.2 Å². The maximum atomic E-state index is 13.6. The molecule has 2 saturated heterocycles. The SMILES string of the molecule is COC(OC)C1CCCN(S(=O)(=O)N2CCC(Nc3ncc(C(F)(F)F)c(-c4cnn(CC(F)(F)F)c4)n3)CC2)C1. The number of aromatic nitrogens is 4. The van der Waals surface area contributed by atoms with Crippen molar-refractivity contribution in [2.45, 2.75) is 56.9 Å². The van der Waals surface area contributed by atoms with Crippen molar-refractivity contribution in [3.63, 3.8) is 0 Å². The zero-order chi connectivity index (χ0) is 30.0. The van der Waals surface area contributed by atoms with Crippen molar-refractivity contribution in [3.8, 4) is 11.3 Å². The maximum absolute atomic E-state index is 13.6. The van der Waals surface area contributed by atoms with E-state index in [4.69, 9.17) is 9.47 Å². The van der Waals surface area contributed by atoms with E-state index < -0.39 is 46.7 Å². The lowest BCUT2D eigenvalue weighted by Gasteiger charge is -2.39. The molecule has 0 saturated carbocycles. The van der Waals surface area contributed by atoms with Gasteiger partial charge < -0.3 is 14.8 Å². The van der Waals surface area contributed by atoms with Crippen LogP contribution in [0.4, 0.5) is 32.3 Å². The van der Waals surface area contributed by atoms with E-state index in [1.54, 1.807) is 0 Å². The van der Waals surface area contributed by atoms with Crippen LogP contribution < -0.4 is 5.32 Å². The summed E-state index contributed by atoms with van der Waals surface area (Å²) in [6.07, 6.45) is -5.62. The van der Waals surface area contributed by atoms with Crippen LogP contribution in [-0.4, -0.2) is 95.7 Å². The molecule has 2 aromatic heterocycles. The molecule has 11 nitrogen and oxygen atoms in total. The van der Waals surface area contributed by atoms with Crippen molar-refractivity contribution in [3.05, 3.63) is 24.2 Å². The van der Waals surface area contributed by atoms with Gasteiger partial charge in [0.15, 0.2) is 6.29 Å². The molecule has 18 heteroatoms. The third-order valence-corrected chi connectivity index (χ3v) is 9.05. The van der Waals surface area contributed by atoms with Crippen LogP contribution >= 0.6 is 0 Å². The Morgan fingerprint density at radius 2 is 1.71 bits per heavy atom. The van der Waals surface area contributed by atoms with Gasteiger partial charge in [-0.3, -0.25) is 4.68 Å². The first kappa shape index (κ1) is 31.4. The number of nitrogens with one attached hydrogen (secondary N) is 1. The zero-order valence-corrected chi connectivity index (χ0v) is 23.1. The van der Waals surface area contributed by atoms with Gasteiger partial charge in [0.2, 0.25) is 5.95 Å². The fraction of sp³-hybridized carbons (Fsp3) is 0.696. The first-order valence-corrected chi connectivity index (χ1v) is 14.2. The second-order valence-corrected chi connectivity index (χ2v) is 11.8. The summed E-state index contributed by atoms with van der Waals surface area (Å²) in [5.74, 6) is -0.277. The Hall–Kier alpha value is -2.54. The van der Waals surface area contributed by atoms with Crippen LogP contribution in [0.5, 0.6) is 0 Å². The number of piperidine rings is 2. The predicted molar refractivity (Wildman–Crippen MR) is 134 cm³/mol. The Balaban J connectivity index is 1.43. The first-order valence-electron chi connectivity index (χ1n) is 12.8. The highest BCUT2D eigenvalue weighted by atomic mass is 32.2. The number of ether oxygens (including phenoxy) is 2. The number of halogens is 6. The van der Waals surface area contributed by atoms with E-state index in [-0.39, 0.29) is 43.1 Å². The van der Waals surface area contributed by atoms with Gasteiger partial charge in [0, 0.05) is 70.3 Å². The molecule has 0 spiro atoms. The molecule has 1 atom stereocenters. The number of hydrogen-bond acceptors (Lipinski definition) is 8. The Labute approximate surface area is 233 Å². The summed E-state index contributed by atoms with van der Waals surface area (Å²) in [5.41, 5.74) is -2.09. The molecule has 4 rings (SSSR count). The van der Waals surface area contributed by atoms with Gasteiger partial charge in [-0.05, 0) is 25.7 Å². The number of methoxy groups -OCH3 is 2. The summed E-state index contributed by atoms with van der Waals surface area (Å²) < 4.78 is 120. The maximum Gasteiger partial charge on any atom is 0.419 e. The van der Waals surface area contributed by atoms with E-state index >= 15 is 0 Å². The van der Waals surface area contributed by atoms with Crippen LogP contribution in [0, 0.1) is 5.92 Å². The van der Waals surface area contributed by atoms with Gasteiger partial charge in [-0.25, -0.2) is 9.97 Å². The molecule has 2 aliphatic rings. The second-order valence-electron chi connectivity index (χ2n) is 9.92. The standard InChI is InChI=1S/C23H31F6N7O4S/c1-39-20(40-2)15-4-3-7-36(13-15)41(37,38)35-8-5-17(6-9-35)32-21-30-11-18(23(27,28)29)19(33-21)16-10-31-34(12-16)14-22(24,25)26/h10-12,15,17,20H,3-9,13-14H2,1-2H3,(H,30,32,33). The van der Waals surface area contributed by atoms with Crippen molar-refractivity contribution in [2.24, 2.45) is 5.92 Å². The van der Waals surface area contributed by atoms with E-state index in [0.717, 1.165) is 18.8 Å².